The molecule has 1 N–H and O–H groups in total. The van der Waals surface area contributed by atoms with Crippen molar-refractivity contribution in [2.75, 3.05) is 0 Å². The zero-order valence-corrected chi connectivity index (χ0v) is 14.8. The predicted octanol–water partition coefficient (Wildman–Crippen LogP) is 4.96. The van der Waals surface area contributed by atoms with Gasteiger partial charge >= 0.3 is 7.12 Å². The van der Waals surface area contributed by atoms with E-state index in [4.69, 9.17) is 9.31 Å². The first-order valence-electron chi connectivity index (χ1n) is 8.71. The van der Waals surface area contributed by atoms with Gasteiger partial charge in [-0.25, -0.2) is 0 Å². The summed E-state index contributed by atoms with van der Waals surface area (Å²) in [4.78, 5) is 3.57. The van der Waals surface area contributed by atoms with Crippen molar-refractivity contribution in [3.05, 3.63) is 48.0 Å². The second-order valence-electron chi connectivity index (χ2n) is 7.73. The Morgan fingerprint density at radius 3 is 2.29 bits per heavy atom. The molecule has 0 amide bonds. The summed E-state index contributed by atoms with van der Waals surface area (Å²) in [7, 11) is -0.144. The van der Waals surface area contributed by atoms with Gasteiger partial charge in [-0.2, -0.15) is 0 Å². The molecular formula is C20H24BNO2. The molecule has 4 rings (SSSR count). The molecule has 4 heteroatoms. The topological polar surface area (TPSA) is 34.2 Å². The highest BCUT2D eigenvalue weighted by molar-refractivity contribution is 6.45. The number of hydrogen-bond acceptors (Lipinski definition) is 2. The van der Waals surface area contributed by atoms with Crippen LogP contribution in [0, 0.1) is 0 Å². The number of benzene rings is 2. The molecule has 0 aliphatic carbocycles. The van der Waals surface area contributed by atoms with Crippen molar-refractivity contribution in [3.63, 3.8) is 0 Å². The summed E-state index contributed by atoms with van der Waals surface area (Å²) in [6.45, 7) is 8.41. The Labute approximate surface area is 143 Å². The van der Waals surface area contributed by atoms with E-state index in [1.165, 1.54) is 27.4 Å². The average molecular weight is 321 g/mol. The fourth-order valence-electron chi connectivity index (χ4n) is 3.50. The van der Waals surface area contributed by atoms with Gasteiger partial charge in [0.2, 0.25) is 0 Å². The highest BCUT2D eigenvalue weighted by Crippen LogP contribution is 2.38. The third kappa shape index (κ3) is 2.45. The Bertz CT molecular complexity index is 881. The summed E-state index contributed by atoms with van der Waals surface area (Å²) in [6, 6.07) is 15.0. The Morgan fingerprint density at radius 2 is 1.54 bits per heavy atom. The van der Waals surface area contributed by atoms with Crippen molar-refractivity contribution in [2.45, 2.75) is 51.6 Å². The van der Waals surface area contributed by atoms with Gasteiger partial charge in [0.25, 0.3) is 0 Å². The highest BCUT2D eigenvalue weighted by Gasteiger charge is 2.50. The number of nitrogens with one attached hydrogen (secondary N) is 1. The monoisotopic (exact) mass is 321 g/mol. The molecule has 0 saturated carbocycles. The van der Waals surface area contributed by atoms with Crippen LogP contribution in [0.3, 0.4) is 0 Å². The minimum atomic E-state index is -0.259. The highest BCUT2D eigenvalue weighted by atomic mass is 16.7. The van der Waals surface area contributed by atoms with Gasteiger partial charge < -0.3 is 14.3 Å². The molecule has 3 aromatic rings. The molecule has 0 unspecified atom stereocenters. The molecule has 124 valence electrons. The third-order valence-corrected chi connectivity index (χ3v) is 5.58. The molecule has 0 radical (unpaired) electrons. The van der Waals surface area contributed by atoms with E-state index in [0.29, 0.717) is 0 Å². The van der Waals surface area contributed by atoms with E-state index in [1.807, 2.05) is 0 Å². The first-order valence-corrected chi connectivity index (χ1v) is 8.71. The Kier molecular flexibility index (Phi) is 3.52. The molecule has 2 aromatic carbocycles. The van der Waals surface area contributed by atoms with Crippen LogP contribution in [0.25, 0.3) is 21.8 Å². The second-order valence-corrected chi connectivity index (χ2v) is 7.73. The van der Waals surface area contributed by atoms with Crippen molar-refractivity contribution in [1.82, 2.24) is 4.98 Å². The lowest BCUT2D eigenvalue weighted by Crippen LogP contribution is -2.41. The smallest absolute Gasteiger partial charge is 0.403 e. The normalized spacial score (nSPS) is 19.4. The van der Waals surface area contributed by atoms with Crippen LogP contribution in [0.4, 0.5) is 0 Å². The quantitative estimate of drug-likeness (QED) is 0.692. The number of aromatic amines is 1. The van der Waals surface area contributed by atoms with Crippen LogP contribution >= 0.6 is 0 Å². The Hall–Kier alpha value is -1.78. The summed E-state index contributed by atoms with van der Waals surface area (Å²) in [5.74, 6) is 0. The van der Waals surface area contributed by atoms with Gasteiger partial charge in [-0.15, -0.1) is 0 Å². The van der Waals surface area contributed by atoms with Crippen molar-refractivity contribution >= 4 is 28.9 Å². The predicted molar refractivity (Wildman–Crippen MR) is 100 cm³/mol. The lowest BCUT2D eigenvalue weighted by atomic mass is 9.81. The lowest BCUT2D eigenvalue weighted by molar-refractivity contribution is 0.00578. The summed E-state index contributed by atoms with van der Waals surface area (Å²) in [5, 5.41) is 2.57. The van der Waals surface area contributed by atoms with Crippen LogP contribution in [0.1, 0.15) is 33.3 Å². The zero-order valence-electron chi connectivity index (χ0n) is 14.8. The number of H-pyrrole nitrogens is 1. The molecule has 24 heavy (non-hydrogen) atoms. The number of fused-ring (bicyclic) bond motifs is 3. The summed E-state index contributed by atoms with van der Waals surface area (Å²) >= 11 is 0. The van der Waals surface area contributed by atoms with Gasteiger partial charge in [0.1, 0.15) is 0 Å². The zero-order chi connectivity index (χ0) is 16.9. The maximum Gasteiger partial charge on any atom is 0.458 e. The van der Waals surface area contributed by atoms with Gasteiger partial charge in [0, 0.05) is 21.8 Å². The molecule has 1 aliphatic rings. The van der Waals surface area contributed by atoms with E-state index >= 15 is 0 Å². The van der Waals surface area contributed by atoms with Crippen molar-refractivity contribution in [2.24, 2.45) is 0 Å². The maximum absolute atomic E-state index is 6.12. The Morgan fingerprint density at radius 1 is 0.875 bits per heavy atom. The summed E-state index contributed by atoms with van der Waals surface area (Å²) < 4.78 is 12.2. The van der Waals surface area contributed by atoms with Gasteiger partial charge in [0.15, 0.2) is 0 Å². The van der Waals surface area contributed by atoms with E-state index < -0.39 is 0 Å². The summed E-state index contributed by atoms with van der Waals surface area (Å²) in [5.41, 5.74) is 3.22. The number of aromatic nitrogens is 1. The van der Waals surface area contributed by atoms with Gasteiger partial charge in [-0.1, -0.05) is 36.4 Å². The molecule has 0 bridgehead atoms. The SMILES string of the molecule is CC1(C)OB(CCc2cccc3c2[nH]c2ccccc23)OC1(C)C. The summed E-state index contributed by atoms with van der Waals surface area (Å²) in [6.07, 6.45) is 1.79. The van der Waals surface area contributed by atoms with Crippen LogP contribution in [-0.4, -0.2) is 23.3 Å². The standard InChI is InChI=1S/C20H24BNO2/c1-19(2)20(3,4)24-21(23-19)13-12-14-8-7-10-16-15-9-5-6-11-17(15)22-18(14)16/h5-11,22H,12-13H2,1-4H3. The molecule has 1 aliphatic heterocycles. The van der Waals surface area contributed by atoms with Crippen LogP contribution in [0.15, 0.2) is 42.5 Å². The molecular weight excluding hydrogens is 297 g/mol. The number of rotatable bonds is 3. The molecule has 1 aromatic heterocycles. The van der Waals surface area contributed by atoms with Crippen LogP contribution in [-0.2, 0) is 15.7 Å². The van der Waals surface area contributed by atoms with Crippen molar-refractivity contribution in [1.29, 1.82) is 0 Å². The third-order valence-electron chi connectivity index (χ3n) is 5.58. The van der Waals surface area contributed by atoms with Gasteiger partial charge in [-0.05, 0) is 52.1 Å². The first kappa shape index (κ1) is 15.7. The minimum Gasteiger partial charge on any atom is -0.403 e. The fourth-order valence-corrected chi connectivity index (χ4v) is 3.50. The largest absolute Gasteiger partial charge is 0.458 e. The average Bonchev–Trinajstić information content (AvgIpc) is 3.00. The van der Waals surface area contributed by atoms with Crippen molar-refractivity contribution in [3.8, 4) is 0 Å². The van der Waals surface area contributed by atoms with E-state index in [9.17, 15) is 0 Å². The Balaban J connectivity index is 1.60. The number of hydrogen-bond donors (Lipinski definition) is 1. The van der Waals surface area contributed by atoms with E-state index in [0.717, 1.165) is 12.7 Å². The van der Waals surface area contributed by atoms with Crippen LogP contribution < -0.4 is 0 Å². The molecule has 1 saturated heterocycles. The number of para-hydroxylation sites is 2. The maximum atomic E-state index is 6.12. The lowest BCUT2D eigenvalue weighted by Gasteiger charge is -2.32. The van der Waals surface area contributed by atoms with Crippen LogP contribution in [0.5, 0.6) is 0 Å². The van der Waals surface area contributed by atoms with Gasteiger partial charge in [-0.3, -0.25) is 0 Å². The second kappa shape index (κ2) is 5.37. The molecule has 0 spiro atoms. The minimum absolute atomic E-state index is 0.144. The molecule has 1 fully saturated rings. The van der Waals surface area contributed by atoms with Gasteiger partial charge in [0.05, 0.1) is 11.2 Å². The molecule has 2 heterocycles. The fraction of sp³-hybridized carbons (Fsp3) is 0.400. The number of aryl methyl sites for hydroxylation is 1. The van der Waals surface area contributed by atoms with Crippen LogP contribution in [0.2, 0.25) is 6.32 Å². The first-order chi connectivity index (χ1) is 11.4. The van der Waals surface area contributed by atoms with Crippen molar-refractivity contribution < 1.29 is 9.31 Å². The van der Waals surface area contributed by atoms with E-state index in [2.05, 4.69) is 75.1 Å². The molecule has 3 nitrogen and oxygen atoms in total. The molecule has 0 atom stereocenters. The van der Waals surface area contributed by atoms with E-state index in [1.54, 1.807) is 0 Å². The van der Waals surface area contributed by atoms with E-state index in [-0.39, 0.29) is 18.3 Å².